The Hall–Kier alpha value is -2.78. The van der Waals surface area contributed by atoms with E-state index in [1.165, 1.54) is 13.0 Å². The van der Waals surface area contributed by atoms with Crippen LogP contribution in [0.15, 0.2) is 23.0 Å². The maximum absolute atomic E-state index is 13.6. The zero-order valence-electron chi connectivity index (χ0n) is 11.9. The minimum absolute atomic E-state index is 0.0178. The number of ether oxygens (including phenoxy) is 1. The second-order valence-corrected chi connectivity index (χ2v) is 4.50. The first-order valence-electron chi connectivity index (χ1n) is 6.42. The summed E-state index contributed by atoms with van der Waals surface area (Å²) in [6.45, 7) is -2.10. The number of aliphatic carboxylic acids is 1. The monoisotopic (exact) mass is 331 g/mol. The van der Waals surface area contributed by atoms with Gasteiger partial charge < -0.3 is 9.84 Å². The van der Waals surface area contributed by atoms with Crippen molar-refractivity contribution in [3.63, 3.8) is 0 Å². The molecule has 0 unspecified atom stereocenters. The summed E-state index contributed by atoms with van der Waals surface area (Å²) in [7, 11) is 0. The number of halogens is 3. The van der Waals surface area contributed by atoms with Crippen LogP contribution in [0.25, 0.3) is 5.69 Å². The first kappa shape index (κ1) is 16.6. The van der Waals surface area contributed by atoms with Gasteiger partial charge in [-0.15, -0.1) is 0 Å². The molecule has 0 saturated heterocycles. The van der Waals surface area contributed by atoms with Crippen LogP contribution in [0, 0.1) is 12.7 Å². The number of carboxylic acids is 1. The quantitative estimate of drug-likeness (QED) is 0.871. The van der Waals surface area contributed by atoms with Crippen molar-refractivity contribution >= 4 is 5.97 Å². The minimum Gasteiger partial charge on any atom is -0.490 e. The molecule has 0 amide bonds. The largest absolute Gasteiger partial charge is 0.490 e. The van der Waals surface area contributed by atoms with Crippen LogP contribution < -0.4 is 10.4 Å². The third-order valence-corrected chi connectivity index (χ3v) is 2.91. The number of alkyl halides is 2. The zero-order valence-corrected chi connectivity index (χ0v) is 11.9. The molecule has 124 valence electrons. The number of carboxylic acid groups (broad SMARTS) is 1. The van der Waals surface area contributed by atoms with Gasteiger partial charge in [0.1, 0.15) is 5.82 Å². The lowest BCUT2D eigenvalue weighted by molar-refractivity contribution is -0.137. The number of nitrogens with zero attached hydrogens (tertiary/aromatic N) is 3. The van der Waals surface area contributed by atoms with Gasteiger partial charge in [-0.05, 0) is 19.1 Å². The second kappa shape index (κ2) is 6.55. The molecule has 10 heteroatoms. The van der Waals surface area contributed by atoms with E-state index in [4.69, 9.17) is 9.84 Å². The van der Waals surface area contributed by atoms with Crippen LogP contribution in [-0.4, -0.2) is 32.0 Å². The maximum Gasteiger partial charge on any atom is 0.355 e. The van der Waals surface area contributed by atoms with E-state index in [1.54, 1.807) is 0 Å². The summed E-state index contributed by atoms with van der Waals surface area (Å²) in [5, 5.41) is 12.2. The summed E-state index contributed by atoms with van der Waals surface area (Å²) in [5.41, 5.74) is -1.06. The van der Waals surface area contributed by atoms with Crippen molar-refractivity contribution in [1.29, 1.82) is 0 Å². The Morgan fingerprint density at radius 2 is 2.13 bits per heavy atom. The molecule has 2 rings (SSSR count). The molecule has 0 fully saturated rings. The maximum atomic E-state index is 13.6. The fourth-order valence-electron chi connectivity index (χ4n) is 1.85. The Kier molecular flexibility index (Phi) is 4.72. The molecule has 0 aliphatic rings. The van der Waals surface area contributed by atoms with E-state index in [-0.39, 0.29) is 34.9 Å². The van der Waals surface area contributed by atoms with Crippen molar-refractivity contribution in [2.75, 3.05) is 6.61 Å². The highest BCUT2D eigenvalue weighted by Crippen LogP contribution is 2.21. The molecular formula is C13H12F3N3O4. The van der Waals surface area contributed by atoms with Gasteiger partial charge in [-0.2, -0.15) is 18.6 Å². The molecule has 0 atom stereocenters. The van der Waals surface area contributed by atoms with Crippen molar-refractivity contribution in [1.82, 2.24) is 14.3 Å². The van der Waals surface area contributed by atoms with Crippen molar-refractivity contribution in [3.8, 4) is 11.4 Å². The van der Waals surface area contributed by atoms with Crippen LogP contribution in [0.3, 0.4) is 0 Å². The predicted molar refractivity (Wildman–Crippen MR) is 71.5 cm³/mol. The summed E-state index contributed by atoms with van der Waals surface area (Å²) in [5.74, 6) is -2.41. The van der Waals surface area contributed by atoms with Crippen LogP contribution in [0.4, 0.5) is 13.2 Å². The molecule has 0 spiro atoms. The topological polar surface area (TPSA) is 86.4 Å². The molecule has 1 aromatic heterocycles. The number of hydrogen-bond acceptors (Lipinski definition) is 4. The van der Waals surface area contributed by atoms with Crippen molar-refractivity contribution in [3.05, 3.63) is 40.3 Å². The fourth-order valence-corrected chi connectivity index (χ4v) is 1.85. The van der Waals surface area contributed by atoms with Crippen molar-refractivity contribution < 1.29 is 27.8 Å². The standard InChI is InChI=1S/C13H12F3N3O4/c1-7-17-19(13(22)18(7)12(15)16)8-2-3-9(14)10(6-8)23-5-4-11(20)21/h2-3,6,12H,4-5H2,1H3,(H,20,21). The van der Waals surface area contributed by atoms with Crippen LogP contribution in [0.2, 0.25) is 0 Å². The summed E-state index contributed by atoms with van der Waals surface area (Å²) in [6, 6.07) is 3.22. The molecular weight excluding hydrogens is 319 g/mol. The average molecular weight is 331 g/mol. The third-order valence-electron chi connectivity index (χ3n) is 2.91. The average Bonchev–Trinajstić information content (AvgIpc) is 2.75. The van der Waals surface area contributed by atoms with Gasteiger partial charge in [0, 0.05) is 6.07 Å². The predicted octanol–water partition coefficient (Wildman–Crippen LogP) is 1.73. The van der Waals surface area contributed by atoms with Gasteiger partial charge in [0.2, 0.25) is 0 Å². The van der Waals surface area contributed by atoms with Gasteiger partial charge in [-0.1, -0.05) is 0 Å². The number of hydrogen-bond donors (Lipinski definition) is 1. The molecule has 23 heavy (non-hydrogen) atoms. The molecule has 0 radical (unpaired) electrons. The lowest BCUT2D eigenvalue weighted by Crippen LogP contribution is -2.24. The third kappa shape index (κ3) is 3.52. The van der Waals surface area contributed by atoms with E-state index < -0.39 is 24.0 Å². The van der Waals surface area contributed by atoms with Gasteiger partial charge in [0.15, 0.2) is 11.6 Å². The number of aryl methyl sites for hydroxylation is 1. The summed E-state index contributed by atoms with van der Waals surface area (Å²) in [4.78, 5) is 22.3. The highest BCUT2D eigenvalue weighted by atomic mass is 19.3. The molecule has 1 aromatic carbocycles. The van der Waals surface area contributed by atoms with E-state index in [9.17, 15) is 22.8 Å². The highest BCUT2D eigenvalue weighted by Gasteiger charge is 2.19. The SMILES string of the molecule is Cc1nn(-c2ccc(F)c(OCCC(=O)O)c2)c(=O)n1C(F)F. The first-order valence-corrected chi connectivity index (χ1v) is 6.42. The van der Waals surface area contributed by atoms with E-state index >= 15 is 0 Å². The summed E-state index contributed by atoms with van der Waals surface area (Å²) in [6.07, 6.45) is -0.345. The van der Waals surface area contributed by atoms with Gasteiger partial charge in [0.05, 0.1) is 18.7 Å². The van der Waals surface area contributed by atoms with Gasteiger partial charge in [0.25, 0.3) is 0 Å². The van der Waals surface area contributed by atoms with E-state index in [1.807, 2.05) is 0 Å². The van der Waals surface area contributed by atoms with Crippen LogP contribution in [0.1, 0.15) is 18.8 Å². The van der Waals surface area contributed by atoms with E-state index in [2.05, 4.69) is 5.10 Å². The molecule has 1 heterocycles. The van der Waals surface area contributed by atoms with Gasteiger partial charge in [-0.25, -0.2) is 13.8 Å². The van der Waals surface area contributed by atoms with Crippen LogP contribution >= 0.6 is 0 Å². The molecule has 2 aromatic rings. The number of carbonyl (C=O) groups is 1. The number of rotatable bonds is 6. The van der Waals surface area contributed by atoms with Gasteiger partial charge in [-0.3, -0.25) is 4.79 Å². The number of aromatic nitrogens is 3. The van der Waals surface area contributed by atoms with E-state index in [0.717, 1.165) is 12.1 Å². The smallest absolute Gasteiger partial charge is 0.355 e. The number of benzene rings is 1. The molecule has 0 aliphatic heterocycles. The Bertz CT molecular complexity index is 785. The Morgan fingerprint density at radius 1 is 1.43 bits per heavy atom. The Balaban J connectivity index is 2.36. The van der Waals surface area contributed by atoms with Crippen LogP contribution in [-0.2, 0) is 4.79 Å². The lowest BCUT2D eigenvalue weighted by Gasteiger charge is -2.08. The molecule has 7 nitrogen and oxygen atoms in total. The second-order valence-electron chi connectivity index (χ2n) is 4.50. The molecule has 1 N–H and O–H groups in total. The highest BCUT2D eigenvalue weighted by molar-refractivity contribution is 5.66. The van der Waals surface area contributed by atoms with Crippen LogP contribution in [0.5, 0.6) is 5.75 Å². The normalized spacial score (nSPS) is 11.0. The van der Waals surface area contributed by atoms with E-state index in [0.29, 0.717) is 4.68 Å². The van der Waals surface area contributed by atoms with Crippen molar-refractivity contribution in [2.24, 2.45) is 0 Å². The first-order chi connectivity index (χ1) is 10.8. The molecule has 0 aliphatic carbocycles. The Labute approximate surface area is 127 Å². The lowest BCUT2D eigenvalue weighted by atomic mass is 10.3. The summed E-state index contributed by atoms with van der Waals surface area (Å²) < 4.78 is 45.0. The Morgan fingerprint density at radius 3 is 2.70 bits per heavy atom. The fraction of sp³-hybridized carbons (Fsp3) is 0.308. The van der Waals surface area contributed by atoms with Crippen molar-refractivity contribution in [2.45, 2.75) is 19.9 Å². The molecule has 0 saturated carbocycles. The van der Waals surface area contributed by atoms with Gasteiger partial charge >= 0.3 is 18.2 Å². The summed E-state index contributed by atoms with van der Waals surface area (Å²) >= 11 is 0. The zero-order chi connectivity index (χ0) is 17.1. The molecule has 0 bridgehead atoms. The minimum atomic E-state index is -3.05.